The van der Waals surface area contributed by atoms with Crippen LogP contribution in [-0.2, 0) is 14.3 Å². The number of anilines is 3. The predicted molar refractivity (Wildman–Crippen MR) is 233 cm³/mol. The molecule has 0 saturated heterocycles. The minimum Gasteiger partial charge on any atom is -0.494 e. The zero-order chi connectivity index (χ0) is 41.7. The van der Waals surface area contributed by atoms with Crippen molar-refractivity contribution >= 4 is 75.1 Å². The number of methoxy groups -OCH3 is 1. The fourth-order valence-corrected chi connectivity index (χ4v) is 8.05. The minimum absolute atomic E-state index is 0.00656. The summed E-state index contributed by atoms with van der Waals surface area (Å²) in [5.74, 6) is -1.95. The van der Waals surface area contributed by atoms with E-state index in [9.17, 15) is 24.0 Å². The van der Waals surface area contributed by atoms with E-state index in [0.29, 0.717) is 50.9 Å². The lowest BCUT2D eigenvalue weighted by Gasteiger charge is -2.18. The van der Waals surface area contributed by atoms with Gasteiger partial charge in [0.05, 0.1) is 24.2 Å². The Bertz CT molecular complexity index is 2470. The number of thiophene rings is 1. The van der Waals surface area contributed by atoms with Crippen LogP contribution in [0.3, 0.4) is 0 Å². The molecule has 1 unspecified atom stereocenters. The van der Waals surface area contributed by atoms with Crippen LogP contribution in [0.5, 0.6) is 5.75 Å². The number of hydrogen-bond donors (Lipinski definition) is 4. The highest BCUT2D eigenvalue weighted by molar-refractivity contribution is 8.00. The lowest BCUT2D eigenvalue weighted by atomic mass is 10.1. The van der Waals surface area contributed by atoms with E-state index in [-0.39, 0.29) is 21.1 Å². The second-order valence-corrected chi connectivity index (χ2v) is 15.0. The van der Waals surface area contributed by atoms with Gasteiger partial charge < -0.3 is 30.7 Å². The van der Waals surface area contributed by atoms with Gasteiger partial charge in [-0.15, -0.1) is 23.1 Å². The maximum atomic E-state index is 14.3. The van der Waals surface area contributed by atoms with Crippen LogP contribution >= 0.6 is 23.1 Å². The first-order valence-corrected chi connectivity index (χ1v) is 20.2. The van der Waals surface area contributed by atoms with Crippen LogP contribution in [0.4, 0.5) is 16.4 Å². The first kappa shape index (κ1) is 41.7. The molecule has 5 aromatic carbocycles. The number of hydrogen-bond acceptors (Lipinski definition) is 9. The first-order valence-electron chi connectivity index (χ1n) is 18.5. The van der Waals surface area contributed by atoms with Gasteiger partial charge in [-0.3, -0.25) is 19.2 Å². The highest BCUT2D eigenvalue weighted by Gasteiger charge is 2.30. The number of carbonyl (C=O) groups excluding carboxylic acids is 5. The van der Waals surface area contributed by atoms with E-state index < -0.39 is 34.8 Å². The molecule has 298 valence electrons. The average Bonchev–Trinajstić information content (AvgIpc) is 3.58. The Balaban J connectivity index is 1.25. The molecule has 13 heteroatoms. The van der Waals surface area contributed by atoms with Gasteiger partial charge in [-0.1, -0.05) is 84.9 Å². The summed E-state index contributed by atoms with van der Waals surface area (Å²) in [6.07, 6.45) is 1.58. The minimum atomic E-state index is -0.836. The second-order valence-electron chi connectivity index (χ2n) is 12.8. The van der Waals surface area contributed by atoms with Crippen LogP contribution < -0.4 is 26.0 Å². The normalized spacial score (nSPS) is 11.5. The molecule has 6 rings (SSSR count). The van der Waals surface area contributed by atoms with Crippen molar-refractivity contribution in [2.75, 3.05) is 29.7 Å². The summed E-state index contributed by atoms with van der Waals surface area (Å²) in [6.45, 7) is 4.03. The van der Waals surface area contributed by atoms with E-state index in [0.717, 1.165) is 11.3 Å². The quantitative estimate of drug-likeness (QED) is 0.0454. The highest BCUT2D eigenvalue weighted by atomic mass is 32.2. The van der Waals surface area contributed by atoms with Crippen LogP contribution in [0, 0.1) is 6.92 Å². The zero-order valence-electron chi connectivity index (χ0n) is 32.3. The summed E-state index contributed by atoms with van der Waals surface area (Å²) >= 11 is 2.20. The van der Waals surface area contributed by atoms with Crippen LogP contribution in [-0.4, -0.2) is 43.3 Å². The molecular weight excluding hydrogens is 785 g/mol. The fraction of sp³-hybridized carbons (Fsp3) is 0.109. The lowest BCUT2D eigenvalue weighted by Crippen LogP contribution is -2.30. The number of ether oxygens (including phenoxy) is 2. The van der Waals surface area contributed by atoms with Gasteiger partial charge in [0.2, 0.25) is 5.91 Å². The number of nitrogens with one attached hydrogen (secondary N) is 4. The first-order chi connectivity index (χ1) is 28.6. The van der Waals surface area contributed by atoms with Gasteiger partial charge in [-0.25, -0.2) is 4.79 Å². The van der Waals surface area contributed by atoms with Crippen LogP contribution in [0.2, 0.25) is 0 Å². The molecular formula is C46H40N4O7S2. The van der Waals surface area contributed by atoms with Crippen molar-refractivity contribution in [1.29, 1.82) is 0 Å². The van der Waals surface area contributed by atoms with E-state index in [1.165, 1.54) is 18.9 Å². The number of thioether (sulfide) groups is 1. The summed E-state index contributed by atoms with van der Waals surface area (Å²) in [6, 6.07) is 40.7. The molecule has 0 bridgehead atoms. The summed E-state index contributed by atoms with van der Waals surface area (Å²) < 4.78 is 10.6. The lowest BCUT2D eigenvalue weighted by molar-refractivity contribution is -0.116. The SMILES string of the molecule is CCOc1ccc(/C=C(/NC(=O)c2ccccc2)C(=O)Nc2cccc(SC(C(=O)Nc3sc(C(=O)Nc4ccccc4)c(C)c3C(=O)OC)c3ccccc3)c2)cc1. The smallest absolute Gasteiger partial charge is 0.341 e. The van der Waals surface area contributed by atoms with Crippen molar-refractivity contribution in [1.82, 2.24) is 5.32 Å². The molecule has 0 aliphatic rings. The van der Waals surface area contributed by atoms with Crippen molar-refractivity contribution in [3.63, 3.8) is 0 Å². The van der Waals surface area contributed by atoms with Crippen LogP contribution in [0.25, 0.3) is 6.08 Å². The molecule has 0 aliphatic heterocycles. The molecule has 59 heavy (non-hydrogen) atoms. The Kier molecular flexibility index (Phi) is 14.1. The Morgan fingerprint density at radius 3 is 2.03 bits per heavy atom. The number of carbonyl (C=O) groups is 5. The maximum absolute atomic E-state index is 14.3. The summed E-state index contributed by atoms with van der Waals surface area (Å²) in [5, 5.41) is 10.7. The molecule has 4 amide bonds. The van der Waals surface area contributed by atoms with Gasteiger partial charge in [0.15, 0.2) is 0 Å². The van der Waals surface area contributed by atoms with Crippen LogP contribution in [0.1, 0.15) is 59.3 Å². The third kappa shape index (κ3) is 10.9. The largest absolute Gasteiger partial charge is 0.494 e. The maximum Gasteiger partial charge on any atom is 0.341 e. The Morgan fingerprint density at radius 1 is 0.729 bits per heavy atom. The van der Waals surface area contributed by atoms with E-state index in [4.69, 9.17) is 9.47 Å². The van der Waals surface area contributed by atoms with Gasteiger partial charge >= 0.3 is 5.97 Å². The molecule has 0 fully saturated rings. The number of amides is 4. The predicted octanol–water partition coefficient (Wildman–Crippen LogP) is 9.38. The van der Waals surface area contributed by atoms with E-state index >= 15 is 0 Å². The second kappa shape index (κ2) is 19.9. The van der Waals surface area contributed by atoms with Crippen molar-refractivity contribution in [3.8, 4) is 5.75 Å². The highest BCUT2D eigenvalue weighted by Crippen LogP contribution is 2.40. The van der Waals surface area contributed by atoms with Gasteiger partial charge in [-0.05, 0) is 91.2 Å². The number of para-hydroxylation sites is 1. The third-order valence-corrected chi connectivity index (χ3v) is 11.2. The van der Waals surface area contributed by atoms with Gasteiger partial charge in [0, 0.05) is 21.8 Å². The average molecular weight is 825 g/mol. The molecule has 1 heterocycles. The third-order valence-electron chi connectivity index (χ3n) is 8.73. The van der Waals surface area contributed by atoms with Crippen molar-refractivity contribution in [2.45, 2.75) is 24.0 Å². The van der Waals surface area contributed by atoms with E-state index in [1.807, 2.05) is 43.3 Å². The van der Waals surface area contributed by atoms with Crippen molar-refractivity contribution < 1.29 is 33.4 Å². The molecule has 1 atom stereocenters. The Morgan fingerprint density at radius 2 is 1.37 bits per heavy atom. The van der Waals surface area contributed by atoms with Gasteiger partial charge in [0.25, 0.3) is 17.7 Å². The zero-order valence-corrected chi connectivity index (χ0v) is 33.9. The Hall–Kier alpha value is -6.96. The Labute approximate surface area is 349 Å². The monoisotopic (exact) mass is 824 g/mol. The molecule has 6 aromatic rings. The van der Waals surface area contributed by atoms with Crippen LogP contribution in [0.15, 0.2) is 150 Å². The molecule has 0 saturated carbocycles. The van der Waals surface area contributed by atoms with Crippen molar-refractivity contribution in [3.05, 3.63) is 178 Å². The van der Waals surface area contributed by atoms with Gasteiger partial charge in [0.1, 0.15) is 21.7 Å². The number of rotatable bonds is 15. The summed E-state index contributed by atoms with van der Waals surface area (Å²) in [7, 11) is 1.24. The summed E-state index contributed by atoms with van der Waals surface area (Å²) in [4.78, 5) is 68.6. The molecule has 1 aromatic heterocycles. The molecule has 0 spiro atoms. The standard InChI is InChI=1S/C46H40N4O7S2/c1-4-57-35-25-23-30(24-26-35)27-37(49-41(51)32-17-10-6-11-18-32)42(52)48-34-21-14-22-36(28-34)58-40(31-15-8-5-9-16-31)44(54)50-45-38(46(55)56-3)29(2)39(59-45)43(53)47-33-19-12-7-13-20-33/h5-28,40H,4H2,1-3H3,(H,47,53)(H,48,52)(H,49,51)(H,50,54)/b37-27+. The molecule has 4 N–H and O–H groups in total. The molecule has 11 nitrogen and oxygen atoms in total. The van der Waals surface area contributed by atoms with Gasteiger partial charge in [-0.2, -0.15) is 0 Å². The fourth-order valence-electron chi connectivity index (χ4n) is 5.87. The topological polar surface area (TPSA) is 152 Å². The van der Waals surface area contributed by atoms with E-state index in [2.05, 4.69) is 21.3 Å². The van der Waals surface area contributed by atoms with E-state index in [1.54, 1.807) is 116 Å². The number of esters is 1. The van der Waals surface area contributed by atoms with Crippen molar-refractivity contribution in [2.24, 2.45) is 0 Å². The summed E-state index contributed by atoms with van der Waals surface area (Å²) in [5.41, 5.74) is 3.15. The molecule has 0 aliphatic carbocycles. The number of benzene rings is 5. The molecule has 0 radical (unpaired) electrons.